The minimum Gasteiger partial charge on any atom is -0.487 e. The van der Waals surface area contributed by atoms with Crippen LogP contribution in [0.15, 0.2) is 42.6 Å². The molecular formula is C12H12ClN3O. The summed E-state index contributed by atoms with van der Waals surface area (Å²) in [7, 11) is 0. The molecule has 1 heterocycles. The molecule has 0 saturated carbocycles. The molecule has 0 unspecified atom stereocenters. The Bertz CT molecular complexity index is 487. The number of nitrogens with one attached hydrogen (secondary N) is 1. The number of para-hydroxylation sites is 1. The quantitative estimate of drug-likeness (QED) is 0.646. The Hall–Kier alpha value is -1.78. The number of anilines is 1. The Morgan fingerprint density at radius 2 is 2.06 bits per heavy atom. The van der Waals surface area contributed by atoms with Gasteiger partial charge in [-0.1, -0.05) is 29.8 Å². The molecule has 1 aromatic heterocycles. The number of pyridine rings is 1. The molecule has 17 heavy (non-hydrogen) atoms. The number of hydrogen-bond acceptors (Lipinski definition) is 4. The van der Waals surface area contributed by atoms with Crippen molar-refractivity contribution in [2.75, 3.05) is 5.43 Å². The fourth-order valence-electron chi connectivity index (χ4n) is 1.32. The predicted molar refractivity (Wildman–Crippen MR) is 67.8 cm³/mol. The zero-order valence-electron chi connectivity index (χ0n) is 9.06. The monoisotopic (exact) mass is 249 g/mol. The molecule has 88 valence electrons. The smallest absolute Gasteiger partial charge is 0.139 e. The van der Waals surface area contributed by atoms with Crippen LogP contribution in [0, 0.1) is 0 Å². The van der Waals surface area contributed by atoms with Crippen molar-refractivity contribution in [2.24, 2.45) is 5.84 Å². The Kier molecular flexibility index (Phi) is 3.80. The maximum atomic E-state index is 5.97. The lowest BCUT2D eigenvalue weighted by Gasteiger charge is -2.07. The summed E-state index contributed by atoms with van der Waals surface area (Å²) in [6, 6.07) is 11.0. The summed E-state index contributed by atoms with van der Waals surface area (Å²) in [5.41, 5.74) is 3.41. The van der Waals surface area contributed by atoms with Gasteiger partial charge in [-0.3, -0.25) is 0 Å². The number of benzene rings is 1. The molecule has 0 aliphatic heterocycles. The van der Waals surface area contributed by atoms with Gasteiger partial charge in [0.1, 0.15) is 18.2 Å². The molecule has 0 aliphatic rings. The lowest BCUT2D eigenvalue weighted by Crippen LogP contribution is -2.08. The third-order valence-corrected chi connectivity index (χ3v) is 2.52. The van der Waals surface area contributed by atoms with Gasteiger partial charge in [0.2, 0.25) is 0 Å². The van der Waals surface area contributed by atoms with Crippen LogP contribution in [0.4, 0.5) is 5.82 Å². The molecule has 0 fully saturated rings. The fourth-order valence-corrected chi connectivity index (χ4v) is 1.51. The van der Waals surface area contributed by atoms with E-state index < -0.39 is 0 Å². The van der Waals surface area contributed by atoms with Crippen LogP contribution in [0.2, 0.25) is 5.02 Å². The molecule has 2 aromatic rings. The van der Waals surface area contributed by atoms with Gasteiger partial charge in [-0.25, -0.2) is 10.8 Å². The fraction of sp³-hybridized carbons (Fsp3) is 0.0833. The second-order valence-corrected chi connectivity index (χ2v) is 3.82. The first-order chi connectivity index (χ1) is 8.29. The van der Waals surface area contributed by atoms with Gasteiger partial charge >= 0.3 is 0 Å². The lowest BCUT2D eigenvalue weighted by atomic mass is 10.3. The largest absolute Gasteiger partial charge is 0.487 e. The molecule has 0 bridgehead atoms. The second kappa shape index (κ2) is 5.52. The molecule has 0 aliphatic carbocycles. The Morgan fingerprint density at radius 3 is 2.71 bits per heavy atom. The first-order valence-corrected chi connectivity index (χ1v) is 5.46. The first-order valence-electron chi connectivity index (χ1n) is 5.08. The zero-order chi connectivity index (χ0) is 12.1. The van der Waals surface area contributed by atoms with Gasteiger partial charge in [-0.2, -0.15) is 0 Å². The van der Waals surface area contributed by atoms with Crippen molar-refractivity contribution in [3.8, 4) is 5.75 Å². The SMILES string of the molecule is NNc1ccc(COc2ccccc2Cl)cn1. The standard InChI is InChI=1S/C12H12ClN3O/c13-10-3-1-2-4-11(10)17-8-9-5-6-12(16-14)15-7-9/h1-7H,8,14H2,(H,15,16). The van der Waals surface area contributed by atoms with Gasteiger partial charge in [0.25, 0.3) is 0 Å². The van der Waals surface area contributed by atoms with E-state index in [1.165, 1.54) is 0 Å². The van der Waals surface area contributed by atoms with E-state index >= 15 is 0 Å². The van der Waals surface area contributed by atoms with Crippen LogP contribution >= 0.6 is 11.6 Å². The maximum absolute atomic E-state index is 5.97. The average Bonchev–Trinajstić information content (AvgIpc) is 2.38. The Balaban J connectivity index is 2.00. The first kappa shape index (κ1) is 11.7. The summed E-state index contributed by atoms with van der Waals surface area (Å²) in [5, 5.41) is 0.598. The highest BCUT2D eigenvalue weighted by Crippen LogP contribution is 2.23. The number of hydrazine groups is 1. The molecule has 2 rings (SSSR count). The minimum atomic E-state index is 0.418. The number of hydrogen-bond donors (Lipinski definition) is 2. The van der Waals surface area contributed by atoms with Gasteiger partial charge in [0.05, 0.1) is 5.02 Å². The van der Waals surface area contributed by atoms with E-state index in [9.17, 15) is 0 Å². The molecule has 0 amide bonds. The summed E-state index contributed by atoms with van der Waals surface area (Å²) < 4.78 is 5.57. The van der Waals surface area contributed by atoms with E-state index in [1.807, 2.05) is 24.3 Å². The van der Waals surface area contributed by atoms with Crippen molar-refractivity contribution in [1.29, 1.82) is 0 Å². The third kappa shape index (κ3) is 3.09. The van der Waals surface area contributed by atoms with Crippen molar-refractivity contribution >= 4 is 17.4 Å². The highest BCUT2D eigenvalue weighted by molar-refractivity contribution is 6.32. The van der Waals surface area contributed by atoms with E-state index in [0.29, 0.717) is 23.2 Å². The van der Waals surface area contributed by atoms with Crippen molar-refractivity contribution in [3.63, 3.8) is 0 Å². The highest BCUT2D eigenvalue weighted by atomic mass is 35.5. The van der Waals surface area contributed by atoms with Gasteiger partial charge in [-0.15, -0.1) is 0 Å². The maximum Gasteiger partial charge on any atom is 0.139 e. The predicted octanol–water partition coefficient (Wildman–Crippen LogP) is 2.60. The summed E-state index contributed by atoms with van der Waals surface area (Å²) in [4.78, 5) is 4.08. The Labute approximate surface area is 104 Å². The molecule has 1 aromatic carbocycles. The van der Waals surface area contributed by atoms with E-state index in [-0.39, 0.29) is 0 Å². The van der Waals surface area contributed by atoms with Crippen LogP contribution < -0.4 is 16.0 Å². The van der Waals surface area contributed by atoms with Crippen LogP contribution in [0.25, 0.3) is 0 Å². The molecule has 3 N–H and O–H groups in total. The number of rotatable bonds is 4. The zero-order valence-corrected chi connectivity index (χ0v) is 9.82. The average molecular weight is 250 g/mol. The molecule has 5 heteroatoms. The number of nitrogen functional groups attached to an aromatic ring is 1. The molecule has 4 nitrogen and oxygen atoms in total. The van der Waals surface area contributed by atoms with Crippen molar-refractivity contribution in [2.45, 2.75) is 6.61 Å². The van der Waals surface area contributed by atoms with Crippen molar-refractivity contribution in [3.05, 3.63) is 53.2 Å². The molecule has 0 radical (unpaired) electrons. The van der Waals surface area contributed by atoms with Crippen LogP contribution in [0.1, 0.15) is 5.56 Å². The van der Waals surface area contributed by atoms with Crippen LogP contribution in [0.5, 0.6) is 5.75 Å². The highest BCUT2D eigenvalue weighted by Gasteiger charge is 2.00. The van der Waals surface area contributed by atoms with Gasteiger partial charge in [0.15, 0.2) is 0 Å². The van der Waals surface area contributed by atoms with Crippen LogP contribution in [-0.2, 0) is 6.61 Å². The summed E-state index contributed by atoms with van der Waals surface area (Å²) in [6.45, 7) is 0.418. The van der Waals surface area contributed by atoms with Gasteiger partial charge in [0, 0.05) is 11.8 Å². The van der Waals surface area contributed by atoms with E-state index in [4.69, 9.17) is 22.2 Å². The topological polar surface area (TPSA) is 60.2 Å². The number of halogens is 1. The van der Waals surface area contributed by atoms with Crippen LogP contribution in [-0.4, -0.2) is 4.98 Å². The van der Waals surface area contributed by atoms with Crippen LogP contribution in [0.3, 0.4) is 0 Å². The number of nitrogens with two attached hydrogens (primary N) is 1. The summed E-state index contributed by atoms with van der Waals surface area (Å²) in [5.74, 6) is 6.50. The molecule has 0 saturated heterocycles. The molecule has 0 atom stereocenters. The Morgan fingerprint density at radius 1 is 1.24 bits per heavy atom. The van der Waals surface area contributed by atoms with E-state index in [2.05, 4.69) is 10.4 Å². The minimum absolute atomic E-state index is 0.418. The molecule has 0 spiro atoms. The summed E-state index contributed by atoms with van der Waals surface area (Å²) in [6.07, 6.45) is 1.70. The summed E-state index contributed by atoms with van der Waals surface area (Å²) >= 11 is 5.97. The van der Waals surface area contributed by atoms with Crippen molar-refractivity contribution < 1.29 is 4.74 Å². The normalized spacial score (nSPS) is 10.0. The van der Waals surface area contributed by atoms with E-state index in [0.717, 1.165) is 5.56 Å². The molecular weight excluding hydrogens is 238 g/mol. The van der Waals surface area contributed by atoms with Gasteiger partial charge < -0.3 is 10.2 Å². The number of ether oxygens (including phenoxy) is 1. The number of nitrogens with zero attached hydrogens (tertiary/aromatic N) is 1. The number of aromatic nitrogens is 1. The van der Waals surface area contributed by atoms with Crippen molar-refractivity contribution in [1.82, 2.24) is 4.98 Å². The van der Waals surface area contributed by atoms with E-state index in [1.54, 1.807) is 18.3 Å². The second-order valence-electron chi connectivity index (χ2n) is 3.42. The van der Waals surface area contributed by atoms with Gasteiger partial charge in [-0.05, 0) is 18.2 Å². The lowest BCUT2D eigenvalue weighted by molar-refractivity contribution is 0.306. The third-order valence-electron chi connectivity index (χ3n) is 2.20.